The van der Waals surface area contributed by atoms with Crippen molar-refractivity contribution in [3.8, 4) is 16.9 Å². The van der Waals surface area contributed by atoms with E-state index in [0.29, 0.717) is 16.6 Å². The molecule has 1 aromatic heterocycles. The second-order valence-electron chi connectivity index (χ2n) is 8.19. The monoisotopic (exact) mass is 476 g/mol. The first-order valence-electron chi connectivity index (χ1n) is 10.9. The summed E-state index contributed by atoms with van der Waals surface area (Å²) in [7, 11) is -0.803. The van der Waals surface area contributed by atoms with E-state index in [2.05, 4.69) is 16.7 Å². The van der Waals surface area contributed by atoms with Crippen LogP contribution in [0.25, 0.3) is 21.9 Å². The van der Waals surface area contributed by atoms with Crippen LogP contribution in [0.15, 0.2) is 65.8 Å². The number of carbonyl (C=O) groups is 1. The first-order chi connectivity index (χ1) is 16.3. The third-order valence-corrected chi connectivity index (χ3v) is 7.42. The second-order valence-corrected chi connectivity index (χ2v) is 9.84. The van der Waals surface area contributed by atoms with Gasteiger partial charge in [-0.15, -0.1) is 0 Å². The third-order valence-electron chi connectivity index (χ3n) is 6.01. The van der Waals surface area contributed by atoms with Gasteiger partial charge in [0, 0.05) is 36.1 Å². The van der Waals surface area contributed by atoms with Gasteiger partial charge < -0.3 is 9.64 Å². The Balaban J connectivity index is 1.68. The van der Waals surface area contributed by atoms with Gasteiger partial charge >= 0.3 is 0 Å². The van der Waals surface area contributed by atoms with Crippen molar-refractivity contribution in [2.45, 2.75) is 24.8 Å². The largest absolute Gasteiger partial charge is 0.495 e. The lowest BCUT2D eigenvalue weighted by atomic mass is 9.98. The molecule has 1 aliphatic rings. The molecule has 0 atom stereocenters. The maximum absolute atomic E-state index is 13.3. The number of aromatic nitrogens is 2. The SMILES string of the molecule is CCCn1cc(-c2cc3c4c(ccc(NS(=O)(=O)c5ccccc5OC)c4c2)N(C)C3=O)cn1. The molecule has 0 fully saturated rings. The van der Waals surface area contributed by atoms with Crippen LogP contribution >= 0.6 is 0 Å². The number of hydrogen-bond acceptors (Lipinski definition) is 5. The Kier molecular flexibility index (Phi) is 5.28. The molecule has 1 amide bonds. The van der Waals surface area contributed by atoms with Gasteiger partial charge in [0.25, 0.3) is 15.9 Å². The van der Waals surface area contributed by atoms with Crippen molar-refractivity contribution in [2.75, 3.05) is 23.8 Å². The van der Waals surface area contributed by atoms with Gasteiger partial charge in [-0.3, -0.25) is 14.2 Å². The molecule has 2 heterocycles. The molecule has 5 rings (SSSR count). The van der Waals surface area contributed by atoms with Gasteiger partial charge in [-0.2, -0.15) is 5.10 Å². The van der Waals surface area contributed by atoms with Crippen LogP contribution in [-0.2, 0) is 16.6 Å². The van der Waals surface area contributed by atoms with Crippen LogP contribution in [0, 0.1) is 0 Å². The Morgan fingerprint density at radius 3 is 2.65 bits per heavy atom. The number of para-hydroxylation sites is 1. The number of ether oxygens (including phenoxy) is 1. The molecule has 0 spiro atoms. The van der Waals surface area contributed by atoms with Crippen LogP contribution in [0.1, 0.15) is 23.7 Å². The van der Waals surface area contributed by atoms with Crippen LogP contribution in [0.4, 0.5) is 11.4 Å². The topological polar surface area (TPSA) is 93.5 Å². The Morgan fingerprint density at radius 1 is 1.09 bits per heavy atom. The summed E-state index contributed by atoms with van der Waals surface area (Å²) in [5, 5.41) is 5.76. The van der Waals surface area contributed by atoms with Crippen LogP contribution in [0.5, 0.6) is 5.75 Å². The molecule has 0 saturated heterocycles. The summed E-state index contributed by atoms with van der Waals surface area (Å²) in [4.78, 5) is 14.6. The molecule has 4 aromatic rings. The molecule has 34 heavy (non-hydrogen) atoms. The molecule has 9 heteroatoms. The average Bonchev–Trinajstić information content (AvgIpc) is 3.40. The number of nitrogens with one attached hydrogen (secondary N) is 1. The second kappa shape index (κ2) is 8.18. The van der Waals surface area contributed by atoms with Gasteiger partial charge in [-0.05, 0) is 48.4 Å². The molecule has 3 aromatic carbocycles. The van der Waals surface area contributed by atoms with E-state index in [0.717, 1.165) is 35.2 Å². The number of methoxy groups -OCH3 is 1. The van der Waals surface area contributed by atoms with Gasteiger partial charge in [0.05, 0.1) is 30.2 Å². The summed E-state index contributed by atoms with van der Waals surface area (Å²) in [5.74, 6) is 0.118. The Morgan fingerprint density at radius 2 is 1.88 bits per heavy atom. The van der Waals surface area contributed by atoms with Crippen LogP contribution in [0.3, 0.4) is 0 Å². The summed E-state index contributed by atoms with van der Waals surface area (Å²) >= 11 is 0. The van der Waals surface area contributed by atoms with Crippen LogP contribution in [-0.4, -0.2) is 38.3 Å². The average molecular weight is 477 g/mol. The van der Waals surface area contributed by atoms with Gasteiger partial charge in [0.2, 0.25) is 0 Å². The van der Waals surface area contributed by atoms with E-state index >= 15 is 0 Å². The molecule has 0 bridgehead atoms. The highest BCUT2D eigenvalue weighted by Gasteiger charge is 2.30. The lowest BCUT2D eigenvalue weighted by molar-refractivity contribution is 0.0999. The zero-order valence-electron chi connectivity index (χ0n) is 19.1. The van der Waals surface area contributed by atoms with E-state index in [-0.39, 0.29) is 16.6 Å². The predicted octanol–water partition coefficient (Wildman–Crippen LogP) is 4.51. The van der Waals surface area contributed by atoms with Crippen molar-refractivity contribution in [1.82, 2.24) is 9.78 Å². The maximum atomic E-state index is 13.3. The molecule has 1 aliphatic heterocycles. The molecule has 174 valence electrons. The number of aryl methyl sites for hydroxylation is 1. The van der Waals surface area contributed by atoms with Crippen molar-refractivity contribution in [1.29, 1.82) is 0 Å². The maximum Gasteiger partial charge on any atom is 0.265 e. The summed E-state index contributed by atoms with van der Waals surface area (Å²) < 4.78 is 36.4. The fourth-order valence-electron chi connectivity index (χ4n) is 4.36. The summed E-state index contributed by atoms with van der Waals surface area (Å²) in [6.45, 7) is 2.87. The van der Waals surface area contributed by atoms with Gasteiger partial charge in [-0.1, -0.05) is 19.1 Å². The quantitative estimate of drug-likeness (QED) is 0.424. The standard InChI is InChI=1S/C25H24N4O4S/c1-4-11-29-15-17(14-26-29)16-12-18-20(9-10-21-24(18)19(13-16)25(30)28(21)2)27-34(31,32)23-8-6-5-7-22(23)33-3/h5-10,12-15,27H,4,11H2,1-3H3. The highest BCUT2D eigenvalue weighted by Crippen LogP contribution is 2.43. The first kappa shape index (κ1) is 22.0. The number of benzene rings is 3. The van der Waals surface area contributed by atoms with E-state index < -0.39 is 10.0 Å². The molecule has 1 N–H and O–H groups in total. The minimum absolute atomic E-state index is 0.0370. The number of anilines is 2. The number of sulfonamides is 1. The molecule has 0 radical (unpaired) electrons. The van der Waals surface area contributed by atoms with Gasteiger partial charge in [0.15, 0.2) is 0 Å². The van der Waals surface area contributed by atoms with Crippen LogP contribution < -0.4 is 14.4 Å². The Hall–Kier alpha value is -3.85. The van der Waals surface area contributed by atoms with Crippen molar-refractivity contribution in [3.63, 3.8) is 0 Å². The normalized spacial score (nSPS) is 13.0. The fraction of sp³-hybridized carbons (Fsp3) is 0.200. The zero-order valence-corrected chi connectivity index (χ0v) is 19.9. The Bertz CT molecular complexity index is 1540. The highest BCUT2D eigenvalue weighted by atomic mass is 32.2. The smallest absolute Gasteiger partial charge is 0.265 e. The van der Waals surface area contributed by atoms with Crippen molar-refractivity contribution in [3.05, 3.63) is 66.5 Å². The molecular weight excluding hydrogens is 452 g/mol. The summed E-state index contributed by atoms with van der Waals surface area (Å²) in [5.41, 5.74) is 3.31. The van der Waals surface area contributed by atoms with Crippen molar-refractivity contribution in [2.24, 2.45) is 0 Å². The summed E-state index contributed by atoms with van der Waals surface area (Å²) in [6, 6.07) is 13.6. The number of amides is 1. The number of carbonyl (C=O) groups excluding carboxylic acids is 1. The lowest BCUT2D eigenvalue weighted by Crippen LogP contribution is -2.20. The number of hydrogen-bond donors (Lipinski definition) is 1. The van der Waals surface area contributed by atoms with E-state index in [9.17, 15) is 13.2 Å². The van der Waals surface area contributed by atoms with Crippen molar-refractivity contribution < 1.29 is 17.9 Å². The Labute approximate surface area is 197 Å². The fourth-order valence-corrected chi connectivity index (χ4v) is 5.62. The zero-order chi connectivity index (χ0) is 24.0. The lowest BCUT2D eigenvalue weighted by Gasteiger charge is -2.15. The van der Waals surface area contributed by atoms with E-state index in [1.54, 1.807) is 48.5 Å². The molecule has 0 aliphatic carbocycles. The van der Waals surface area contributed by atoms with Crippen LogP contribution in [0.2, 0.25) is 0 Å². The van der Waals surface area contributed by atoms with E-state index in [1.807, 2.05) is 23.0 Å². The minimum Gasteiger partial charge on any atom is -0.495 e. The molecule has 0 unspecified atom stereocenters. The predicted molar refractivity (Wildman–Crippen MR) is 132 cm³/mol. The first-order valence-corrected chi connectivity index (χ1v) is 12.4. The van der Waals surface area contributed by atoms with E-state index in [4.69, 9.17) is 4.74 Å². The molecule has 0 saturated carbocycles. The number of nitrogens with zero attached hydrogens (tertiary/aromatic N) is 3. The highest BCUT2D eigenvalue weighted by molar-refractivity contribution is 7.92. The minimum atomic E-state index is -3.95. The summed E-state index contributed by atoms with van der Waals surface area (Å²) in [6.07, 6.45) is 4.64. The van der Waals surface area contributed by atoms with E-state index in [1.165, 1.54) is 13.2 Å². The molecular formula is C25H24N4O4S. The third kappa shape index (κ3) is 3.49. The molecule has 8 nitrogen and oxygen atoms in total. The van der Waals surface area contributed by atoms with Crippen molar-refractivity contribution >= 4 is 38.1 Å². The van der Waals surface area contributed by atoms with Gasteiger partial charge in [-0.25, -0.2) is 8.42 Å². The van der Waals surface area contributed by atoms with Gasteiger partial charge in [0.1, 0.15) is 10.6 Å². The number of rotatable bonds is 7.